The number of aliphatic hydroxyl groups excluding tert-OH is 1. The number of aromatic hydroxyl groups is 1. The number of aliphatic hydroxyl groups is 1. The molecule has 1 fully saturated rings. The predicted molar refractivity (Wildman–Crippen MR) is 220 cm³/mol. The fourth-order valence-electron chi connectivity index (χ4n) is 7.58. The van der Waals surface area contributed by atoms with E-state index >= 15 is 0 Å². The third-order valence-corrected chi connectivity index (χ3v) is 11.0. The molecule has 1 aliphatic carbocycles. The van der Waals surface area contributed by atoms with Gasteiger partial charge in [-0.15, -0.1) is 0 Å². The van der Waals surface area contributed by atoms with Crippen LogP contribution in [-0.2, 0) is 17.8 Å². The van der Waals surface area contributed by atoms with Crippen LogP contribution >= 0.6 is 11.6 Å². The van der Waals surface area contributed by atoms with E-state index in [1.807, 2.05) is 55.5 Å². The summed E-state index contributed by atoms with van der Waals surface area (Å²) < 4.78 is 5.60. The van der Waals surface area contributed by atoms with E-state index in [0.717, 1.165) is 29.5 Å². The van der Waals surface area contributed by atoms with Crippen LogP contribution in [0.15, 0.2) is 89.7 Å². The van der Waals surface area contributed by atoms with Crippen LogP contribution in [0.1, 0.15) is 68.2 Å². The lowest BCUT2D eigenvalue weighted by atomic mass is 9.79. The number of nitrogens with one attached hydrogen (secondary N) is 3. The number of fused-ring (bicyclic) bond motifs is 1. The maximum Gasteiger partial charge on any atom is 0.412 e. The molecule has 0 aliphatic heterocycles. The number of carbonyl (C=O) groups excluding carboxylic acids is 1. The van der Waals surface area contributed by atoms with E-state index in [4.69, 9.17) is 22.1 Å². The smallest absolute Gasteiger partial charge is 0.412 e. The molecule has 2 amide bonds. The van der Waals surface area contributed by atoms with Crippen LogP contribution in [0.4, 0.5) is 16.2 Å². The fraction of sp³-hybridized carbons (Fsp3) is 0.326. The molecule has 0 unspecified atom stereocenters. The van der Waals surface area contributed by atoms with Gasteiger partial charge in [-0.1, -0.05) is 60.1 Å². The van der Waals surface area contributed by atoms with Crippen LogP contribution in [0, 0.1) is 0 Å². The van der Waals surface area contributed by atoms with Gasteiger partial charge in [-0.2, -0.15) is 0 Å². The molecule has 1 heterocycles. The summed E-state index contributed by atoms with van der Waals surface area (Å²) >= 11 is 6.62. The predicted octanol–water partition coefficient (Wildman–Crippen LogP) is 7.49. The van der Waals surface area contributed by atoms with Crippen LogP contribution in [0.25, 0.3) is 22.0 Å². The van der Waals surface area contributed by atoms with Gasteiger partial charge in [-0.05, 0) is 86.4 Å². The molecule has 1 aliphatic rings. The molecular formula is C43H48ClN5O7. The van der Waals surface area contributed by atoms with E-state index < -0.39 is 17.7 Å². The van der Waals surface area contributed by atoms with E-state index in [1.54, 1.807) is 24.3 Å². The summed E-state index contributed by atoms with van der Waals surface area (Å²) in [5.41, 5.74) is 10.4. The summed E-state index contributed by atoms with van der Waals surface area (Å²) in [6, 6.07) is 25.0. The summed E-state index contributed by atoms with van der Waals surface area (Å²) in [7, 11) is 1.52. The molecule has 13 heteroatoms. The van der Waals surface area contributed by atoms with Crippen LogP contribution < -0.4 is 31.6 Å². The van der Waals surface area contributed by atoms with Gasteiger partial charge in [0.1, 0.15) is 11.5 Å². The minimum atomic E-state index is -1.01. The highest BCUT2D eigenvalue weighted by Gasteiger charge is 2.40. The van der Waals surface area contributed by atoms with Gasteiger partial charge in [0, 0.05) is 59.7 Å². The minimum Gasteiger partial charge on any atom is -0.506 e. The van der Waals surface area contributed by atoms with Crippen molar-refractivity contribution in [2.24, 2.45) is 5.73 Å². The van der Waals surface area contributed by atoms with Crippen LogP contribution in [0.3, 0.4) is 0 Å². The average Bonchev–Trinajstić information content (AvgIpc) is 3.17. The maximum absolute atomic E-state index is 13.2. The summed E-state index contributed by atoms with van der Waals surface area (Å²) in [4.78, 5) is 42.0. The number of methoxy groups -OCH3 is 1. The summed E-state index contributed by atoms with van der Waals surface area (Å²) in [6.07, 6.45) is 2.14. The van der Waals surface area contributed by atoms with E-state index in [9.17, 15) is 29.7 Å². The molecule has 0 spiro atoms. The van der Waals surface area contributed by atoms with Gasteiger partial charge >= 0.3 is 6.09 Å². The Morgan fingerprint density at radius 1 is 1.05 bits per heavy atom. The van der Waals surface area contributed by atoms with Crippen molar-refractivity contribution in [3.8, 4) is 22.6 Å². The highest BCUT2D eigenvalue weighted by Crippen LogP contribution is 2.41. The number of phenols is 1. The molecule has 1 saturated carbocycles. The van der Waals surface area contributed by atoms with Crippen molar-refractivity contribution in [2.45, 2.75) is 76.1 Å². The van der Waals surface area contributed by atoms with Crippen molar-refractivity contribution < 1.29 is 29.6 Å². The summed E-state index contributed by atoms with van der Waals surface area (Å²) in [6.45, 7) is 2.44. The Hall–Kier alpha value is -5.40. The molecule has 4 aromatic carbocycles. The molecule has 0 bridgehead atoms. The van der Waals surface area contributed by atoms with E-state index in [1.165, 1.54) is 24.1 Å². The molecule has 294 valence electrons. The molecule has 5 aromatic rings. The van der Waals surface area contributed by atoms with Gasteiger partial charge in [-0.25, -0.2) is 4.79 Å². The Morgan fingerprint density at radius 2 is 1.80 bits per heavy atom. The van der Waals surface area contributed by atoms with Gasteiger partial charge in [-0.3, -0.25) is 14.5 Å². The number of carbonyl (C=O) groups is 2. The van der Waals surface area contributed by atoms with Crippen LogP contribution in [-0.4, -0.2) is 57.5 Å². The molecule has 0 saturated heterocycles. The van der Waals surface area contributed by atoms with Crippen molar-refractivity contribution in [3.05, 3.63) is 117 Å². The number of halogens is 1. The zero-order valence-corrected chi connectivity index (χ0v) is 32.2. The monoisotopic (exact) mass is 781 g/mol. The lowest BCUT2D eigenvalue weighted by Gasteiger charge is -2.44. The van der Waals surface area contributed by atoms with Crippen molar-refractivity contribution in [1.82, 2.24) is 10.3 Å². The Kier molecular flexibility index (Phi) is 12.7. The van der Waals surface area contributed by atoms with E-state index in [-0.39, 0.29) is 48.3 Å². The number of nitrogens with two attached hydrogens (primary N) is 1. The molecular weight excluding hydrogens is 734 g/mol. The zero-order chi connectivity index (χ0) is 40.0. The molecule has 1 aromatic heterocycles. The Labute approximate surface area is 330 Å². The number of H-pyrrole nitrogens is 1. The first-order valence-electron chi connectivity index (χ1n) is 18.7. The van der Waals surface area contributed by atoms with Crippen molar-refractivity contribution in [1.29, 1.82) is 0 Å². The third-order valence-electron chi connectivity index (χ3n) is 10.7. The topological polar surface area (TPSA) is 190 Å². The highest BCUT2D eigenvalue weighted by molar-refractivity contribution is 6.33. The molecule has 6 rings (SSSR count). The van der Waals surface area contributed by atoms with Crippen molar-refractivity contribution in [3.63, 3.8) is 0 Å². The maximum atomic E-state index is 13.2. The van der Waals surface area contributed by atoms with Crippen molar-refractivity contribution >= 4 is 45.9 Å². The normalized spacial score (nSPS) is 17.3. The number of aromatic amines is 1. The molecule has 0 radical (unpaired) electrons. The van der Waals surface area contributed by atoms with Gasteiger partial charge in [0.2, 0.25) is 11.5 Å². The van der Waals surface area contributed by atoms with Crippen LogP contribution in [0.2, 0.25) is 5.02 Å². The molecule has 1 atom stereocenters. The number of nitrogens with zero attached hydrogens (tertiary/aromatic N) is 1. The lowest BCUT2D eigenvalue weighted by molar-refractivity contribution is -0.116. The Morgan fingerprint density at radius 3 is 2.52 bits per heavy atom. The van der Waals surface area contributed by atoms with Gasteiger partial charge in [0.15, 0.2) is 0 Å². The van der Waals surface area contributed by atoms with Crippen LogP contribution in [0.5, 0.6) is 11.5 Å². The van der Waals surface area contributed by atoms with Gasteiger partial charge < -0.3 is 41.4 Å². The second kappa shape index (κ2) is 17.6. The SMILES string of the molecule is COc1cc(NC(=O)CCCc2ccc(-c3ccccc3)c(N(C(=O)O)C3(C)CCC(N)CC3)c2)c(Cl)cc1CNC[C@H](O)c1ccc(O)c2[nH]c(=O)ccc12. The van der Waals surface area contributed by atoms with E-state index in [2.05, 4.69) is 15.6 Å². The average molecular weight is 782 g/mol. The number of carboxylic acid groups (broad SMARTS) is 1. The number of phenolic OH excluding ortho intramolecular Hbond substituents is 1. The number of rotatable bonds is 14. The quantitative estimate of drug-likeness (QED) is 0.0599. The fourth-order valence-corrected chi connectivity index (χ4v) is 7.81. The molecule has 12 nitrogen and oxygen atoms in total. The first-order valence-corrected chi connectivity index (χ1v) is 19.1. The Balaban J connectivity index is 1.09. The highest BCUT2D eigenvalue weighted by atomic mass is 35.5. The number of aromatic nitrogens is 1. The Bertz CT molecular complexity index is 2260. The summed E-state index contributed by atoms with van der Waals surface area (Å²) in [5, 5.41) is 38.6. The zero-order valence-electron chi connectivity index (χ0n) is 31.5. The largest absolute Gasteiger partial charge is 0.506 e. The first kappa shape index (κ1) is 40.3. The van der Waals surface area contributed by atoms with E-state index in [0.29, 0.717) is 64.3 Å². The third kappa shape index (κ3) is 9.17. The number of aryl methyl sites for hydroxylation is 1. The standard InChI is InChI=1S/C43H48ClN5O7/c1-43(19-17-29(45)18-20-43)49(42(54)55)35-21-26(11-12-30(35)27-8-4-3-5-9-27)7-6-10-39(52)47-34-23-38(56-2)28(22-33(34)44)24-46-25-37(51)31-13-15-36(50)41-32(31)14-16-40(53)48-41/h3-5,8-9,11-16,21-23,29,37,46,50-51H,6-7,10,17-20,24-25,45H2,1-2H3,(H,47,52)(H,48,53)(H,54,55)/t29?,37-,43?/m0/s1. The number of hydrogen-bond donors (Lipinski definition) is 7. The lowest BCUT2D eigenvalue weighted by Crippen LogP contribution is -2.53. The first-order chi connectivity index (χ1) is 26.9. The minimum absolute atomic E-state index is 0.0666. The summed E-state index contributed by atoms with van der Waals surface area (Å²) in [5.74, 6) is 0.169. The van der Waals surface area contributed by atoms with Gasteiger partial charge in [0.25, 0.3) is 0 Å². The number of ether oxygens (including phenoxy) is 1. The number of pyridine rings is 1. The number of anilines is 2. The molecule has 56 heavy (non-hydrogen) atoms. The number of hydrogen-bond acceptors (Lipinski definition) is 8. The van der Waals surface area contributed by atoms with Gasteiger partial charge in [0.05, 0.1) is 35.1 Å². The number of amides is 2. The second-order valence-electron chi connectivity index (χ2n) is 14.6. The number of benzene rings is 4. The second-order valence-corrected chi connectivity index (χ2v) is 15.1. The van der Waals surface area contributed by atoms with Crippen molar-refractivity contribution in [2.75, 3.05) is 23.9 Å². The molecule has 8 N–H and O–H groups in total.